The second-order valence-electron chi connectivity index (χ2n) is 6.45. The van der Waals surface area contributed by atoms with Gasteiger partial charge in [0.1, 0.15) is 5.69 Å². The van der Waals surface area contributed by atoms with Crippen molar-refractivity contribution in [2.75, 3.05) is 5.32 Å². The van der Waals surface area contributed by atoms with Crippen molar-refractivity contribution in [3.63, 3.8) is 0 Å². The lowest BCUT2D eigenvalue weighted by molar-refractivity contribution is 0.0946. The summed E-state index contributed by atoms with van der Waals surface area (Å²) in [4.78, 5) is 16.6. The van der Waals surface area contributed by atoms with Gasteiger partial charge in [-0.05, 0) is 36.8 Å². The average molecular weight is 372 g/mol. The van der Waals surface area contributed by atoms with Gasteiger partial charge in [0.05, 0.1) is 6.04 Å². The fourth-order valence-corrected chi connectivity index (χ4v) is 2.98. The van der Waals surface area contributed by atoms with Crippen molar-refractivity contribution in [1.82, 2.24) is 24.9 Å². The molecule has 7 heteroatoms. The van der Waals surface area contributed by atoms with Crippen LogP contribution < -0.4 is 10.6 Å². The van der Waals surface area contributed by atoms with E-state index in [4.69, 9.17) is 0 Å². The summed E-state index contributed by atoms with van der Waals surface area (Å²) in [7, 11) is 0. The first-order valence-electron chi connectivity index (χ1n) is 9.05. The second-order valence-corrected chi connectivity index (χ2v) is 6.45. The molecule has 1 unspecified atom stereocenters. The molecular weight excluding hydrogens is 352 g/mol. The van der Waals surface area contributed by atoms with Gasteiger partial charge >= 0.3 is 0 Å². The molecule has 0 aliphatic rings. The van der Waals surface area contributed by atoms with Crippen molar-refractivity contribution in [3.8, 4) is 0 Å². The zero-order chi connectivity index (χ0) is 19.3. The maximum Gasteiger partial charge on any atom is 0.270 e. The molecule has 0 fully saturated rings. The minimum atomic E-state index is -0.215. The third kappa shape index (κ3) is 3.83. The fraction of sp³-hybridized carbons (Fsp3) is 0.143. The fourth-order valence-electron chi connectivity index (χ4n) is 2.98. The van der Waals surface area contributed by atoms with Crippen molar-refractivity contribution in [2.45, 2.75) is 19.5 Å². The monoisotopic (exact) mass is 372 g/mol. The molecule has 4 aromatic rings. The summed E-state index contributed by atoms with van der Waals surface area (Å²) < 4.78 is 1.94. The number of nitrogens with one attached hydrogen (secondary N) is 2. The topological polar surface area (TPSA) is 84.2 Å². The van der Waals surface area contributed by atoms with Gasteiger partial charge in [0.2, 0.25) is 0 Å². The minimum absolute atomic E-state index is 0.0972. The molecule has 140 valence electrons. The van der Waals surface area contributed by atoms with E-state index in [0.717, 1.165) is 22.7 Å². The van der Waals surface area contributed by atoms with Crippen molar-refractivity contribution in [1.29, 1.82) is 0 Å². The third-order valence-electron chi connectivity index (χ3n) is 4.40. The Morgan fingerprint density at radius 1 is 1.07 bits per heavy atom. The van der Waals surface area contributed by atoms with E-state index < -0.39 is 0 Å². The van der Waals surface area contributed by atoms with E-state index in [1.54, 1.807) is 12.3 Å². The lowest BCUT2D eigenvalue weighted by Gasteiger charge is -2.14. The highest BCUT2D eigenvalue weighted by Crippen LogP contribution is 2.19. The maximum absolute atomic E-state index is 12.4. The number of aromatic nitrogens is 4. The standard InChI is InChI=1S/C21H20N6O/c1-15(20-26-25-19-9-5-6-12-27(19)20)24-17-10-11-22-18(13-17)21(28)23-14-16-7-3-2-4-8-16/h2-13,15H,14H2,1H3,(H,22,24)(H,23,28). The Hall–Kier alpha value is -3.74. The van der Waals surface area contributed by atoms with Crippen LogP contribution in [0, 0.1) is 0 Å². The van der Waals surface area contributed by atoms with E-state index in [1.165, 1.54) is 0 Å². The number of amides is 1. The molecule has 3 aromatic heterocycles. The van der Waals surface area contributed by atoms with Gasteiger partial charge in [-0.3, -0.25) is 14.2 Å². The van der Waals surface area contributed by atoms with E-state index in [1.807, 2.05) is 72.1 Å². The van der Waals surface area contributed by atoms with Gasteiger partial charge < -0.3 is 10.6 Å². The van der Waals surface area contributed by atoms with E-state index >= 15 is 0 Å². The maximum atomic E-state index is 12.4. The highest BCUT2D eigenvalue weighted by atomic mass is 16.1. The Kier molecular flexibility index (Phi) is 4.97. The number of carbonyl (C=O) groups excluding carboxylic acids is 1. The van der Waals surface area contributed by atoms with Gasteiger partial charge in [0.15, 0.2) is 11.5 Å². The Balaban J connectivity index is 1.45. The summed E-state index contributed by atoms with van der Waals surface area (Å²) in [6.45, 7) is 2.46. The molecule has 0 saturated carbocycles. The normalized spacial score (nSPS) is 11.9. The molecule has 0 radical (unpaired) electrons. The molecule has 0 spiro atoms. The van der Waals surface area contributed by atoms with E-state index in [0.29, 0.717) is 12.2 Å². The van der Waals surface area contributed by atoms with Gasteiger partial charge in [-0.1, -0.05) is 36.4 Å². The number of fused-ring (bicyclic) bond motifs is 1. The number of nitrogens with zero attached hydrogens (tertiary/aromatic N) is 4. The highest BCUT2D eigenvalue weighted by Gasteiger charge is 2.14. The van der Waals surface area contributed by atoms with Crippen molar-refractivity contribution in [3.05, 3.63) is 90.1 Å². The summed E-state index contributed by atoms with van der Waals surface area (Å²) in [5.74, 6) is 0.579. The van der Waals surface area contributed by atoms with Crippen molar-refractivity contribution < 1.29 is 4.79 Å². The molecule has 1 atom stereocenters. The smallest absolute Gasteiger partial charge is 0.270 e. The van der Waals surface area contributed by atoms with Crippen LogP contribution in [0.5, 0.6) is 0 Å². The van der Waals surface area contributed by atoms with Gasteiger partial charge in [-0.15, -0.1) is 10.2 Å². The first kappa shape index (κ1) is 17.7. The van der Waals surface area contributed by atoms with Gasteiger partial charge in [0.25, 0.3) is 5.91 Å². The molecule has 0 aliphatic heterocycles. The number of pyridine rings is 2. The lowest BCUT2D eigenvalue weighted by Crippen LogP contribution is -2.24. The summed E-state index contributed by atoms with van der Waals surface area (Å²) >= 11 is 0. The molecule has 28 heavy (non-hydrogen) atoms. The van der Waals surface area contributed by atoms with Gasteiger partial charge in [0, 0.05) is 24.6 Å². The lowest BCUT2D eigenvalue weighted by atomic mass is 10.2. The number of anilines is 1. The zero-order valence-corrected chi connectivity index (χ0v) is 15.4. The number of hydrogen-bond acceptors (Lipinski definition) is 5. The van der Waals surface area contributed by atoms with Crippen LogP contribution in [0.15, 0.2) is 73.1 Å². The second kappa shape index (κ2) is 7.87. The van der Waals surface area contributed by atoms with Crippen LogP contribution >= 0.6 is 0 Å². The molecular formula is C21H20N6O. The predicted molar refractivity (Wildman–Crippen MR) is 107 cm³/mol. The average Bonchev–Trinajstić information content (AvgIpc) is 3.17. The Morgan fingerprint density at radius 2 is 1.89 bits per heavy atom. The van der Waals surface area contributed by atoms with E-state index in [-0.39, 0.29) is 11.9 Å². The number of hydrogen-bond donors (Lipinski definition) is 2. The first-order chi connectivity index (χ1) is 13.7. The highest BCUT2D eigenvalue weighted by molar-refractivity contribution is 5.93. The third-order valence-corrected chi connectivity index (χ3v) is 4.40. The SMILES string of the molecule is CC(Nc1ccnc(C(=O)NCc2ccccc2)c1)c1nnc2ccccn12. The summed E-state index contributed by atoms with van der Waals surface area (Å²) in [6.07, 6.45) is 3.55. The van der Waals surface area contributed by atoms with Crippen LogP contribution in [0.4, 0.5) is 5.69 Å². The minimum Gasteiger partial charge on any atom is -0.375 e. The summed E-state index contributed by atoms with van der Waals surface area (Å²) in [5, 5.41) is 14.7. The Morgan fingerprint density at radius 3 is 2.75 bits per heavy atom. The molecule has 7 nitrogen and oxygen atoms in total. The van der Waals surface area contributed by atoms with Gasteiger partial charge in [-0.25, -0.2) is 0 Å². The van der Waals surface area contributed by atoms with Crippen LogP contribution in [0.1, 0.15) is 34.8 Å². The quantitative estimate of drug-likeness (QED) is 0.543. The molecule has 3 heterocycles. The van der Waals surface area contributed by atoms with Crippen LogP contribution in [-0.4, -0.2) is 25.5 Å². The number of carbonyl (C=O) groups is 1. The van der Waals surface area contributed by atoms with E-state index in [9.17, 15) is 4.79 Å². The first-order valence-corrected chi connectivity index (χ1v) is 9.05. The summed E-state index contributed by atoms with van der Waals surface area (Å²) in [5.41, 5.74) is 2.98. The van der Waals surface area contributed by atoms with Gasteiger partial charge in [-0.2, -0.15) is 0 Å². The molecule has 1 aromatic carbocycles. The van der Waals surface area contributed by atoms with Crippen LogP contribution in [0.2, 0.25) is 0 Å². The number of rotatable bonds is 6. The molecule has 0 aliphatic carbocycles. The van der Waals surface area contributed by atoms with Crippen molar-refractivity contribution in [2.24, 2.45) is 0 Å². The molecule has 4 rings (SSSR count). The Labute approximate surface area is 162 Å². The van der Waals surface area contributed by atoms with Crippen LogP contribution in [-0.2, 0) is 6.54 Å². The largest absolute Gasteiger partial charge is 0.375 e. The van der Waals surface area contributed by atoms with Crippen LogP contribution in [0.25, 0.3) is 5.65 Å². The number of benzene rings is 1. The molecule has 0 saturated heterocycles. The molecule has 1 amide bonds. The molecule has 0 bridgehead atoms. The summed E-state index contributed by atoms with van der Waals surface area (Å²) in [6, 6.07) is 19.0. The van der Waals surface area contributed by atoms with Crippen molar-refractivity contribution >= 4 is 17.2 Å². The predicted octanol–water partition coefficient (Wildman–Crippen LogP) is 3.23. The molecule has 2 N–H and O–H groups in total. The van der Waals surface area contributed by atoms with E-state index in [2.05, 4.69) is 25.8 Å². The zero-order valence-electron chi connectivity index (χ0n) is 15.4. The van der Waals surface area contributed by atoms with Crippen LogP contribution in [0.3, 0.4) is 0 Å². The Bertz CT molecular complexity index is 1090.